The van der Waals surface area contributed by atoms with Crippen molar-refractivity contribution in [2.75, 3.05) is 0 Å². The van der Waals surface area contributed by atoms with Crippen LogP contribution in [-0.4, -0.2) is 10.9 Å². The van der Waals surface area contributed by atoms with E-state index < -0.39 is 0 Å². The van der Waals surface area contributed by atoms with Gasteiger partial charge in [0.1, 0.15) is 11.5 Å². The third-order valence-corrected chi connectivity index (χ3v) is 5.29. The van der Waals surface area contributed by atoms with E-state index in [1.54, 1.807) is 0 Å². The van der Waals surface area contributed by atoms with Gasteiger partial charge in [-0.3, -0.25) is 0 Å². The Morgan fingerprint density at radius 3 is 1.67 bits per heavy atom. The zero-order chi connectivity index (χ0) is 20.3. The van der Waals surface area contributed by atoms with Gasteiger partial charge in [-0.2, -0.15) is 0 Å². The van der Waals surface area contributed by atoms with Gasteiger partial charge in [0.25, 0.3) is 0 Å². The lowest BCUT2D eigenvalue weighted by Crippen LogP contribution is -2.22. The Kier molecular flexibility index (Phi) is 4.86. The molecule has 0 spiro atoms. The highest BCUT2D eigenvalue weighted by Gasteiger charge is 2.13. The maximum Gasteiger partial charge on any atom is 0.240 e. The first-order valence-electron chi connectivity index (χ1n) is 10.3. The zero-order valence-corrected chi connectivity index (χ0v) is 16.9. The van der Waals surface area contributed by atoms with Crippen LogP contribution in [0.15, 0.2) is 103 Å². The quantitative estimate of drug-likeness (QED) is 0.291. The largest absolute Gasteiger partial charge is 0.455 e. The molecule has 0 bridgehead atoms. The summed E-state index contributed by atoms with van der Waals surface area (Å²) >= 11 is 0. The molecule has 0 aliphatic heterocycles. The number of nitrogens with zero attached hydrogens (tertiary/aromatic N) is 1. The number of benzene rings is 4. The molecule has 5 rings (SSSR count). The maximum atomic E-state index is 6.08. The first-order valence-corrected chi connectivity index (χ1v) is 10.3. The molecule has 1 unspecified atom stereocenters. The van der Waals surface area contributed by atoms with Crippen LogP contribution in [0.5, 0.6) is 11.5 Å². The summed E-state index contributed by atoms with van der Waals surface area (Å²) < 4.78 is 14.3. The van der Waals surface area contributed by atoms with E-state index in [4.69, 9.17) is 9.47 Å². The highest BCUT2D eigenvalue weighted by atomic mass is 16.7. The number of aromatic nitrogens is 1. The van der Waals surface area contributed by atoms with Gasteiger partial charge in [-0.05, 0) is 48.5 Å². The van der Waals surface area contributed by atoms with Crippen molar-refractivity contribution in [2.24, 2.45) is 0 Å². The van der Waals surface area contributed by atoms with Gasteiger partial charge in [0.05, 0.1) is 11.0 Å². The normalized spacial score (nSPS) is 12.2. The van der Waals surface area contributed by atoms with Crippen LogP contribution in [0.3, 0.4) is 0 Å². The van der Waals surface area contributed by atoms with E-state index in [0.29, 0.717) is 0 Å². The van der Waals surface area contributed by atoms with Crippen LogP contribution < -0.4 is 9.47 Å². The van der Waals surface area contributed by atoms with Crippen molar-refractivity contribution < 1.29 is 9.47 Å². The van der Waals surface area contributed by atoms with Crippen LogP contribution in [0.1, 0.15) is 13.3 Å². The Balaban J connectivity index is 1.45. The van der Waals surface area contributed by atoms with Gasteiger partial charge in [-0.1, -0.05) is 61.5 Å². The number of rotatable bonds is 6. The summed E-state index contributed by atoms with van der Waals surface area (Å²) in [5.74, 6) is 1.61. The minimum Gasteiger partial charge on any atom is -0.455 e. The van der Waals surface area contributed by atoms with E-state index in [9.17, 15) is 0 Å². The Morgan fingerprint density at radius 2 is 1.10 bits per heavy atom. The van der Waals surface area contributed by atoms with Gasteiger partial charge < -0.3 is 14.0 Å². The molecule has 0 saturated carbocycles. The highest BCUT2D eigenvalue weighted by molar-refractivity contribution is 6.09. The lowest BCUT2D eigenvalue weighted by molar-refractivity contribution is 0.00331. The minimum absolute atomic E-state index is 0.327. The second kappa shape index (κ2) is 7.96. The number of fused-ring (bicyclic) bond motifs is 3. The zero-order valence-electron chi connectivity index (χ0n) is 16.9. The maximum absolute atomic E-state index is 6.08. The summed E-state index contributed by atoms with van der Waals surface area (Å²) in [6.45, 7) is 2.06. The van der Waals surface area contributed by atoms with Gasteiger partial charge in [-0.25, -0.2) is 0 Å². The number of ether oxygens (including phenoxy) is 2. The molecule has 148 valence electrons. The fraction of sp³-hybridized carbons (Fsp3) is 0.111. The van der Waals surface area contributed by atoms with E-state index in [-0.39, 0.29) is 6.29 Å². The molecule has 1 heterocycles. The Bertz CT molecular complexity index is 1220. The second-order valence-electron chi connectivity index (χ2n) is 7.25. The molecular weight excluding hydrogens is 370 g/mol. The smallest absolute Gasteiger partial charge is 0.240 e. The SMILES string of the molecule is CCC(Oc1ccccc1)Oc1ccc(-n2c3ccccc3c3ccccc32)cc1. The van der Waals surface area contributed by atoms with Crippen molar-refractivity contribution in [2.45, 2.75) is 19.6 Å². The van der Waals surface area contributed by atoms with Crippen molar-refractivity contribution in [1.82, 2.24) is 4.57 Å². The molecule has 0 saturated heterocycles. The summed E-state index contributed by atoms with van der Waals surface area (Å²) in [4.78, 5) is 0. The van der Waals surface area contributed by atoms with Crippen molar-refractivity contribution in [3.63, 3.8) is 0 Å². The predicted molar refractivity (Wildman–Crippen MR) is 123 cm³/mol. The highest BCUT2D eigenvalue weighted by Crippen LogP contribution is 2.32. The summed E-state index contributed by atoms with van der Waals surface area (Å²) in [6, 6.07) is 35.0. The summed E-state index contributed by atoms with van der Waals surface area (Å²) in [6.07, 6.45) is 0.426. The third kappa shape index (κ3) is 3.39. The molecule has 0 fully saturated rings. The summed E-state index contributed by atoms with van der Waals surface area (Å²) in [5, 5.41) is 2.52. The lowest BCUT2D eigenvalue weighted by Gasteiger charge is -2.19. The Hall–Kier alpha value is -3.72. The monoisotopic (exact) mass is 393 g/mol. The van der Waals surface area contributed by atoms with E-state index in [1.165, 1.54) is 21.8 Å². The molecule has 0 radical (unpaired) electrons. The number of hydrogen-bond donors (Lipinski definition) is 0. The molecule has 1 aromatic heterocycles. The number of hydrogen-bond acceptors (Lipinski definition) is 2. The summed E-state index contributed by atoms with van der Waals surface area (Å²) in [5.41, 5.74) is 3.51. The first-order chi connectivity index (χ1) is 14.8. The molecular formula is C27H23NO2. The molecule has 30 heavy (non-hydrogen) atoms. The van der Waals surface area contributed by atoms with Gasteiger partial charge in [-0.15, -0.1) is 0 Å². The predicted octanol–water partition coefficient (Wildman–Crippen LogP) is 6.98. The van der Waals surface area contributed by atoms with Gasteiger partial charge in [0, 0.05) is 22.9 Å². The topological polar surface area (TPSA) is 23.4 Å². The fourth-order valence-electron chi connectivity index (χ4n) is 3.87. The molecule has 0 aliphatic carbocycles. The van der Waals surface area contributed by atoms with Gasteiger partial charge in [0.15, 0.2) is 0 Å². The van der Waals surface area contributed by atoms with E-state index in [0.717, 1.165) is 23.6 Å². The van der Waals surface area contributed by atoms with Gasteiger partial charge >= 0.3 is 0 Å². The van der Waals surface area contributed by atoms with E-state index in [2.05, 4.69) is 72.2 Å². The molecule has 4 aromatic carbocycles. The average Bonchev–Trinajstić information content (AvgIpc) is 3.14. The minimum atomic E-state index is -0.327. The molecule has 1 atom stereocenters. The van der Waals surface area contributed by atoms with Crippen LogP contribution in [0.2, 0.25) is 0 Å². The molecule has 0 aliphatic rings. The van der Waals surface area contributed by atoms with Gasteiger partial charge in [0.2, 0.25) is 6.29 Å². The van der Waals surface area contributed by atoms with Crippen molar-refractivity contribution >= 4 is 21.8 Å². The van der Waals surface area contributed by atoms with Crippen LogP contribution in [0.4, 0.5) is 0 Å². The van der Waals surface area contributed by atoms with Crippen LogP contribution in [-0.2, 0) is 0 Å². The Labute approximate surface area is 176 Å². The van der Waals surface area contributed by atoms with Crippen molar-refractivity contribution in [3.05, 3.63) is 103 Å². The average molecular weight is 393 g/mol. The number of para-hydroxylation sites is 3. The molecule has 0 amide bonds. The molecule has 3 nitrogen and oxygen atoms in total. The van der Waals surface area contributed by atoms with Crippen LogP contribution in [0, 0.1) is 0 Å². The van der Waals surface area contributed by atoms with Crippen molar-refractivity contribution in [3.8, 4) is 17.2 Å². The van der Waals surface area contributed by atoms with E-state index in [1.807, 2.05) is 42.5 Å². The van der Waals surface area contributed by atoms with Crippen molar-refractivity contribution in [1.29, 1.82) is 0 Å². The second-order valence-corrected chi connectivity index (χ2v) is 7.25. The summed E-state index contributed by atoms with van der Waals surface area (Å²) in [7, 11) is 0. The molecule has 0 N–H and O–H groups in total. The van der Waals surface area contributed by atoms with Crippen LogP contribution >= 0.6 is 0 Å². The van der Waals surface area contributed by atoms with Crippen LogP contribution in [0.25, 0.3) is 27.5 Å². The standard InChI is InChI=1S/C27H23NO2/c1-2-27(29-21-10-4-3-5-11-21)30-22-18-16-20(17-19-22)28-25-14-8-6-12-23(25)24-13-7-9-15-26(24)28/h3-19,27H,2H2,1H3. The Morgan fingerprint density at radius 1 is 0.600 bits per heavy atom. The fourth-order valence-corrected chi connectivity index (χ4v) is 3.87. The van der Waals surface area contributed by atoms with E-state index >= 15 is 0 Å². The lowest BCUT2D eigenvalue weighted by atomic mass is 10.2. The third-order valence-electron chi connectivity index (χ3n) is 5.29. The molecule has 5 aromatic rings. The molecule has 3 heteroatoms. The first kappa shape index (κ1) is 18.3.